The maximum Gasteiger partial charge on any atom is 0.323 e. The van der Waals surface area contributed by atoms with Crippen molar-refractivity contribution in [1.29, 1.82) is 0 Å². The Labute approximate surface area is 152 Å². The second-order valence-electron chi connectivity index (χ2n) is 5.20. The molecule has 0 aromatic carbocycles. The van der Waals surface area contributed by atoms with Gasteiger partial charge in [0.15, 0.2) is 0 Å². The highest BCUT2D eigenvalue weighted by atomic mass is 35.5. The lowest BCUT2D eigenvalue weighted by molar-refractivity contribution is -0.156. The predicted molar refractivity (Wildman–Crippen MR) is 90.9 cm³/mol. The third kappa shape index (κ3) is 7.43. The SMILES string of the molecule is Cl.Cl.NCCCC[C@H](N)C(=O)N[C@H]1CCC(=O)N(CC(=O)O)C1=O. The van der Waals surface area contributed by atoms with Crippen LogP contribution in [-0.4, -0.2) is 58.9 Å². The average Bonchev–Trinajstić information content (AvgIpc) is 2.46. The number of carboxylic acids is 1. The monoisotopic (exact) mass is 386 g/mol. The number of halogens is 2. The summed E-state index contributed by atoms with van der Waals surface area (Å²) in [7, 11) is 0. The number of carboxylic acid groups (broad SMARTS) is 1. The molecule has 1 heterocycles. The van der Waals surface area contributed by atoms with Crippen molar-refractivity contribution in [2.45, 2.75) is 44.2 Å². The zero-order chi connectivity index (χ0) is 16.7. The van der Waals surface area contributed by atoms with E-state index < -0.39 is 42.3 Å². The number of likely N-dealkylation sites (tertiary alicyclic amines) is 1. The second-order valence-corrected chi connectivity index (χ2v) is 5.20. The Balaban J connectivity index is 0. The lowest BCUT2D eigenvalue weighted by Gasteiger charge is -2.30. The van der Waals surface area contributed by atoms with Crippen molar-refractivity contribution in [3.05, 3.63) is 0 Å². The van der Waals surface area contributed by atoms with Crippen LogP contribution in [0.1, 0.15) is 32.1 Å². The molecular formula is C13H24Cl2N4O5. The fraction of sp³-hybridized carbons (Fsp3) is 0.692. The summed E-state index contributed by atoms with van der Waals surface area (Å²) >= 11 is 0. The Morgan fingerprint density at radius 1 is 1.29 bits per heavy atom. The van der Waals surface area contributed by atoms with Gasteiger partial charge in [0.25, 0.3) is 5.91 Å². The van der Waals surface area contributed by atoms with Crippen LogP contribution in [-0.2, 0) is 19.2 Å². The second kappa shape index (κ2) is 12.0. The zero-order valence-electron chi connectivity index (χ0n) is 13.1. The van der Waals surface area contributed by atoms with Crippen LogP contribution in [0.5, 0.6) is 0 Å². The number of amides is 3. The van der Waals surface area contributed by atoms with Gasteiger partial charge in [-0.2, -0.15) is 0 Å². The molecule has 0 unspecified atom stereocenters. The number of hydrogen-bond acceptors (Lipinski definition) is 6. The summed E-state index contributed by atoms with van der Waals surface area (Å²) in [6, 6.07) is -1.67. The van der Waals surface area contributed by atoms with Crippen LogP contribution in [0.4, 0.5) is 0 Å². The van der Waals surface area contributed by atoms with E-state index in [1.54, 1.807) is 0 Å². The summed E-state index contributed by atoms with van der Waals surface area (Å²) in [5.74, 6) is -3.03. The molecule has 1 rings (SSSR count). The van der Waals surface area contributed by atoms with Crippen molar-refractivity contribution in [2.75, 3.05) is 13.1 Å². The quantitative estimate of drug-likeness (QED) is 0.308. The molecule has 0 aromatic heterocycles. The Morgan fingerprint density at radius 2 is 1.92 bits per heavy atom. The van der Waals surface area contributed by atoms with Gasteiger partial charge in [-0.3, -0.25) is 24.1 Å². The van der Waals surface area contributed by atoms with Gasteiger partial charge in [0.05, 0.1) is 6.04 Å². The third-order valence-electron chi connectivity index (χ3n) is 3.43. The first-order valence-corrected chi connectivity index (χ1v) is 7.18. The molecule has 11 heteroatoms. The standard InChI is InChI=1S/C13H22N4O5.2ClH/c14-6-2-1-3-8(15)12(21)16-9-4-5-10(18)17(13(9)22)7-11(19)20;;/h8-9H,1-7,14-15H2,(H,16,21)(H,19,20);2*1H/t8-,9-;;/m0../s1. The Bertz CT molecular complexity index is 464. The van der Waals surface area contributed by atoms with Gasteiger partial charge in [-0.05, 0) is 25.8 Å². The molecule has 0 bridgehead atoms. The van der Waals surface area contributed by atoms with Crippen molar-refractivity contribution in [3.8, 4) is 0 Å². The summed E-state index contributed by atoms with van der Waals surface area (Å²) in [5, 5.41) is 11.2. The van der Waals surface area contributed by atoms with Crippen molar-refractivity contribution in [2.24, 2.45) is 11.5 Å². The van der Waals surface area contributed by atoms with Crippen LogP contribution in [0, 0.1) is 0 Å². The lowest BCUT2D eigenvalue weighted by Crippen LogP contribution is -2.57. The van der Waals surface area contributed by atoms with Crippen molar-refractivity contribution < 1.29 is 24.3 Å². The Kier molecular flexibility index (Phi) is 12.4. The van der Waals surface area contributed by atoms with E-state index in [1.165, 1.54) is 0 Å². The number of rotatable bonds is 8. The normalized spacial score (nSPS) is 18.2. The van der Waals surface area contributed by atoms with E-state index in [-0.39, 0.29) is 37.7 Å². The van der Waals surface area contributed by atoms with Crippen LogP contribution in [0.15, 0.2) is 0 Å². The zero-order valence-corrected chi connectivity index (χ0v) is 14.7. The van der Waals surface area contributed by atoms with E-state index in [9.17, 15) is 19.2 Å². The molecule has 1 aliphatic heterocycles. The van der Waals surface area contributed by atoms with E-state index in [1.807, 2.05) is 0 Å². The fourth-order valence-electron chi connectivity index (χ4n) is 2.19. The molecule has 0 aromatic rings. The summed E-state index contributed by atoms with van der Waals surface area (Å²) < 4.78 is 0. The smallest absolute Gasteiger partial charge is 0.323 e. The third-order valence-corrected chi connectivity index (χ3v) is 3.43. The van der Waals surface area contributed by atoms with Gasteiger partial charge >= 0.3 is 5.97 Å². The molecule has 0 spiro atoms. The molecule has 1 fully saturated rings. The highest BCUT2D eigenvalue weighted by Crippen LogP contribution is 2.13. The summed E-state index contributed by atoms with van der Waals surface area (Å²) in [6.07, 6.45) is 2.06. The first-order chi connectivity index (χ1) is 10.4. The first-order valence-electron chi connectivity index (χ1n) is 7.18. The minimum Gasteiger partial charge on any atom is -0.480 e. The number of unbranched alkanes of at least 4 members (excludes halogenated alkanes) is 1. The van der Waals surface area contributed by atoms with Gasteiger partial charge in [-0.1, -0.05) is 6.42 Å². The predicted octanol–water partition coefficient (Wildman–Crippen LogP) is -0.995. The largest absolute Gasteiger partial charge is 0.480 e. The number of carbonyl (C=O) groups is 4. The summed E-state index contributed by atoms with van der Waals surface area (Å²) in [6.45, 7) is -0.186. The number of aliphatic carboxylic acids is 1. The molecule has 0 saturated carbocycles. The van der Waals surface area contributed by atoms with Gasteiger partial charge in [0, 0.05) is 6.42 Å². The van der Waals surface area contributed by atoms with Crippen molar-refractivity contribution in [3.63, 3.8) is 0 Å². The van der Waals surface area contributed by atoms with E-state index in [4.69, 9.17) is 16.6 Å². The Morgan fingerprint density at radius 3 is 2.46 bits per heavy atom. The molecular weight excluding hydrogens is 363 g/mol. The highest BCUT2D eigenvalue weighted by Gasteiger charge is 2.36. The van der Waals surface area contributed by atoms with Gasteiger partial charge in [-0.15, -0.1) is 24.8 Å². The van der Waals surface area contributed by atoms with Crippen molar-refractivity contribution in [1.82, 2.24) is 10.2 Å². The van der Waals surface area contributed by atoms with Crippen LogP contribution in [0.2, 0.25) is 0 Å². The number of imide groups is 1. The molecule has 24 heavy (non-hydrogen) atoms. The van der Waals surface area contributed by atoms with Gasteiger partial charge in [-0.25, -0.2) is 0 Å². The van der Waals surface area contributed by atoms with Crippen LogP contribution >= 0.6 is 24.8 Å². The van der Waals surface area contributed by atoms with Gasteiger partial charge in [0.1, 0.15) is 12.6 Å². The molecule has 0 radical (unpaired) electrons. The Hall–Kier alpha value is -1.42. The van der Waals surface area contributed by atoms with Crippen molar-refractivity contribution >= 4 is 48.5 Å². The average molecular weight is 387 g/mol. The van der Waals surface area contributed by atoms with E-state index in [0.717, 1.165) is 6.42 Å². The first kappa shape index (κ1) is 24.8. The molecule has 6 N–H and O–H groups in total. The molecule has 1 aliphatic rings. The van der Waals surface area contributed by atoms with Gasteiger partial charge < -0.3 is 21.9 Å². The number of carbonyl (C=O) groups excluding carboxylic acids is 3. The number of nitrogens with one attached hydrogen (secondary N) is 1. The van der Waals surface area contributed by atoms with Crippen LogP contribution in [0.25, 0.3) is 0 Å². The van der Waals surface area contributed by atoms with Crippen LogP contribution < -0.4 is 16.8 Å². The lowest BCUT2D eigenvalue weighted by atomic mass is 10.0. The van der Waals surface area contributed by atoms with E-state index in [0.29, 0.717) is 24.3 Å². The number of nitrogens with zero attached hydrogens (tertiary/aromatic N) is 1. The minimum absolute atomic E-state index is 0. The number of hydrogen-bond donors (Lipinski definition) is 4. The van der Waals surface area contributed by atoms with E-state index >= 15 is 0 Å². The molecule has 140 valence electrons. The number of piperidine rings is 1. The fourth-order valence-corrected chi connectivity index (χ4v) is 2.19. The summed E-state index contributed by atoms with van der Waals surface area (Å²) in [4.78, 5) is 46.9. The molecule has 0 aliphatic carbocycles. The van der Waals surface area contributed by atoms with Gasteiger partial charge in [0.2, 0.25) is 11.8 Å². The summed E-state index contributed by atoms with van der Waals surface area (Å²) in [5.41, 5.74) is 11.1. The molecule has 1 saturated heterocycles. The highest BCUT2D eigenvalue weighted by molar-refractivity contribution is 6.03. The molecule has 3 amide bonds. The van der Waals surface area contributed by atoms with E-state index in [2.05, 4.69) is 5.32 Å². The maximum atomic E-state index is 12.1. The van der Waals surface area contributed by atoms with Crippen LogP contribution in [0.3, 0.4) is 0 Å². The number of nitrogens with two attached hydrogens (primary N) is 2. The molecule has 2 atom stereocenters. The minimum atomic E-state index is -1.29. The topological polar surface area (TPSA) is 156 Å². The maximum absolute atomic E-state index is 12.1. The molecule has 9 nitrogen and oxygen atoms in total.